The Labute approximate surface area is 89.6 Å². The third-order valence-electron chi connectivity index (χ3n) is 2.51. The molecule has 1 N–H and O–H groups in total. The smallest absolute Gasteiger partial charge is 0.113 e. The van der Waals surface area contributed by atoms with Gasteiger partial charge in [0.15, 0.2) is 0 Å². The van der Waals surface area contributed by atoms with Crippen molar-refractivity contribution < 1.29 is 0 Å². The van der Waals surface area contributed by atoms with Gasteiger partial charge in [0.2, 0.25) is 0 Å². The molecule has 0 radical (unpaired) electrons. The highest BCUT2D eigenvalue weighted by Crippen LogP contribution is 2.25. The minimum absolute atomic E-state index is 0.346. The van der Waals surface area contributed by atoms with E-state index in [2.05, 4.69) is 27.9 Å². The van der Waals surface area contributed by atoms with Crippen LogP contribution in [-0.2, 0) is 0 Å². The Morgan fingerprint density at radius 3 is 2.93 bits per heavy atom. The van der Waals surface area contributed by atoms with Crippen LogP contribution in [0.25, 0.3) is 0 Å². The zero-order valence-electron chi connectivity index (χ0n) is 8.85. The summed E-state index contributed by atoms with van der Waals surface area (Å²) in [6, 6.07) is 4.08. The van der Waals surface area contributed by atoms with Crippen molar-refractivity contribution >= 4 is 0 Å². The minimum Gasteiger partial charge on any atom is -0.348 e. The average molecular weight is 201 g/mol. The summed E-state index contributed by atoms with van der Waals surface area (Å²) in [5, 5.41) is 0. The molecule has 0 saturated carbocycles. The van der Waals surface area contributed by atoms with E-state index in [0.717, 1.165) is 18.7 Å². The summed E-state index contributed by atoms with van der Waals surface area (Å²) in [6.45, 7) is 2.19. The highest BCUT2D eigenvalue weighted by molar-refractivity contribution is 5.21. The molecule has 15 heavy (non-hydrogen) atoms. The number of rotatable bonds is 4. The first-order valence-electron chi connectivity index (χ1n) is 5.31. The first kappa shape index (κ1) is 9.90. The van der Waals surface area contributed by atoms with Gasteiger partial charge in [-0.25, -0.2) is 4.98 Å². The number of pyridine rings is 1. The Balaban J connectivity index is 2.28. The van der Waals surface area contributed by atoms with Crippen molar-refractivity contribution in [3.63, 3.8) is 0 Å². The molecule has 0 aliphatic rings. The maximum Gasteiger partial charge on any atom is 0.113 e. The van der Waals surface area contributed by atoms with Gasteiger partial charge in [-0.3, -0.25) is 4.98 Å². The Kier molecular flexibility index (Phi) is 3.12. The molecule has 0 saturated heterocycles. The predicted octanol–water partition coefficient (Wildman–Crippen LogP) is 2.74. The summed E-state index contributed by atoms with van der Waals surface area (Å²) >= 11 is 0. The number of hydrogen-bond donors (Lipinski definition) is 1. The SMILES string of the molecule is CCCC(c1cccnc1)c1ncc[nH]1. The van der Waals surface area contributed by atoms with Gasteiger partial charge in [0.25, 0.3) is 0 Å². The fraction of sp³-hybridized carbons (Fsp3) is 0.333. The molecule has 0 amide bonds. The normalized spacial score (nSPS) is 12.6. The van der Waals surface area contributed by atoms with Gasteiger partial charge >= 0.3 is 0 Å². The van der Waals surface area contributed by atoms with Crippen LogP contribution < -0.4 is 0 Å². The van der Waals surface area contributed by atoms with Gasteiger partial charge in [-0.05, 0) is 18.1 Å². The van der Waals surface area contributed by atoms with Crippen LogP contribution in [0.2, 0.25) is 0 Å². The topological polar surface area (TPSA) is 41.6 Å². The number of nitrogens with zero attached hydrogens (tertiary/aromatic N) is 2. The second-order valence-corrected chi connectivity index (χ2v) is 3.60. The van der Waals surface area contributed by atoms with Crippen LogP contribution in [0.1, 0.15) is 37.1 Å². The molecule has 78 valence electrons. The maximum absolute atomic E-state index is 4.33. The van der Waals surface area contributed by atoms with Gasteiger partial charge in [0, 0.05) is 30.7 Å². The molecule has 0 aliphatic carbocycles. The number of aromatic amines is 1. The number of imidazole rings is 1. The molecule has 2 aromatic rings. The van der Waals surface area contributed by atoms with Crippen molar-refractivity contribution in [2.24, 2.45) is 0 Å². The summed E-state index contributed by atoms with van der Waals surface area (Å²) in [6.07, 6.45) is 9.62. The average Bonchev–Trinajstić information content (AvgIpc) is 2.80. The molecule has 0 spiro atoms. The number of aromatic nitrogens is 3. The zero-order valence-corrected chi connectivity index (χ0v) is 8.85. The molecular formula is C12H15N3. The van der Waals surface area contributed by atoms with Gasteiger partial charge in [-0.2, -0.15) is 0 Å². The van der Waals surface area contributed by atoms with Crippen molar-refractivity contribution in [1.82, 2.24) is 15.0 Å². The van der Waals surface area contributed by atoms with Crippen LogP contribution in [0.15, 0.2) is 36.9 Å². The molecule has 1 atom stereocenters. The van der Waals surface area contributed by atoms with E-state index in [4.69, 9.17) is 0 Å². The summed E-state index contributed by atoms with van der Waals surface area (Å²) in [7, 11) is 0. The Morgan fingerprint density at radius 2 is 2.33 bits per heavy atom. The van der Waals surface area contributed by atoms with Crippen LogP contribution in [0, 0.1) is 0 Å². The van der Waals surface area contributed by atoms with Crippen molar-refractivity contribution in [2.75, 3.05) is 0 Å². The van der Waals surface area contributed by atoms with Crippen LogP contribution in [0.4, 0.5) is 0 Å². The van der Waals surface area contributed by atoms with Crippen molar-refractivity contribution in [1.29, 1.82) is 0 Å². The van der Waals surface area contributed by atoms with E-state index in [-0.39, 0.29) is 0 Å². The highest BCUT2D eigenvalue weighted by atomic mass is 14.9. The monoisotopic (exact) mass is 201 g/mol. The van der Waals surface area contributed by atoms with Crippen LogP contribution in [-0.4, -0.2) is 15.0 Å². The molecule has 0 bridgehead atoms. The summed E-state index contributed by atoms with van der Waals surface area (Å²) in [4.78, 5) is 11.7. The molecule has 0 fully saturated rings. The van der Waals surface area contributed by atoms with Crippen LogP contribution in [0.5, 0.6) is 0 Å². The first-order valence-corrected chi connectivity index (χ1v) is 5.31. The lowest BCUT2D eigenvalue weighted by molar-refractivity contribution is 0.664. The van der Waals surface area contributed by atoms with Crippen molar-refractivity contribution in [3.8, 4) is 0 Å². The lowest BCUT2D eigenvalue weighted by atomic mass is 9.95. The minimum atomic E-state index is 0.346. The van der Waals surface area contributed by atoms with E-state index in [1.807, 2.05) is 18.5 Å². The molecule has 3 nitrogen and oxygen atoms in total. The van der Waals surface area contributed by atoms with E-state index in [9.17, 15) is 0 Å². The third kappa shape index (κ3) is 2.24. The van der Waals surface area contributed by atoms with E-state index in [1.54, 1.807) is 12.4 Å². The number of H-pyrrole nitrogens is 1. The van der Waals surface area contributed by atoms with Crippen molar-refractivity contribution in [2.45, 2.75) is 25.7 Å². The third-order valence-corrected chi connectivity index (χ3v) is 2.51. The number of nitrogens with one attached hydrogen (secondary N) is 1. The maximum atomic E-state index is 4.33. The quantitative estimate of drug-likeness (QED) is 0.826. The molecule has 3 heteroatoms. The summed E-state index contributed by atoms with van der Waals surface area (Å²) in [5.74, 6) is 1.38. The summed E-state index contributed by atoms with van der Waals surface area (Å²) in [5.41, 5.74) is 1.23. The zero-order chi connectivity index (χ0) is 10.5. The van der Waals surface area contributed by atoms with E-state index >= 15 is 0 Å². The van der Waals surface area contributed by atoms with Gasteiger partial charge in [0.1, 0.15) is 5.82 Å². The van der Waals surface area contributed by atoms with Gasteiger partial charge in [0.05, 0.1) is 0 Å². The molecule has 2 rings (SSSR count). The molecular weight excluding hydrogens is 186 g/mol. The Morgan fingerprint density at radius 1 is 1.40 bits per heavy atom. The van der Waals surface area contributed by atoms with E-state index in [0.29, 0.717) is 5.92 Å². The number of hydrogen-bond acceptors (Lipinski definition) is 2. The van der Waals surface area contributed by atoms with Gasteiger partial charge in [-0.1, -0.05) is 19.4 Å². The first-order chi connectivity index (χ1) is 7.42. The molecule has 1 unspecified atom stereocenters. The van der Waals surface area contributed by atoms with Gasteiger partial charge < -0.3 is 4.98 Å². The fourth-order valence-corrected chi connectivity index (χ4v) is 1.80. The largest absolute Gasteiger partial charge is 0.348 e. The predicted molar refractivity (Wildman–Crippen MR) is 59.6 cm³/mol. The fourth-order valence-electron chi connectivity index (χ4n) is 1.80. The standard InChI is InChI=1S/C12H15N3/c1-2-4-11(12-14-7-8-15-12)10-5-3-6-13-9-10/h3,5-9,11H,2,4H2,1H3,(H,14,15). The lowest BCUT2D eigenvalue weighted by Gasteiger charge is -2.13. The second-order valence-electron chi connectivity index (χ2n) is 3.60. The van der Waals surface area contributed by atoms with E-state index in [1.165, 1.54) is 5.56 Å². The Bertz CT molecular complexity index is 381. The van der Waals surface area contributed by atoms with E-state index < -0.39 is 0 Å². The lowest BCUT2D eigenvalue weighted by Crippen LogP contribution is -2.03. The van der Waals surface area contributed by atoms with Crippen LogP contribution in [0.3, 0.4) is 0 Å². The summed E-state index contributed by atoms with van der Waals surface area (Å²) < 4.78 is 0. The Hall–Kier alpha value is -1.64. The van der Waals surface area contributed by atoms with Crippen LogP contribution >= 0.6 is 0 Å². The molecule has 2 aromatic heterocycles. The van der Waals surface area contributed by atoms with Gasteiger partial charge in [-0.15, -0.1) is 0 Å². The second kappa shape index (κ2) is 4.73. The highest BCUT2D eigenvalue weighted by Gasteiger charge is 2.15. The molecule has 0 aliphatic heterocycles. The molecule has 2 heterocycles. The molecule has 0 aromatic carbocycles. The van der Waals surface area contributed by atoms with Crippen molar-refractivity contribution in [3.05, 3.63) is 48.3 Å².